The molecule has 33 heavy (non-hydrogen) atoms. The van der Waals surface area contributed by atoms with Gasteiger partial charge in [-0.15, -0.1) is 12.4 Å². The molecule has 3 aromatic rings. The van der Waals surface area contributed by atoms with E-state index in [1.165, 1.54) is 6.20 Å². The van der Waals surface area contributed by atoms with E-state index in [1.54, 1.807) is 0 Å². The van der Waals surface area contributed by atoms with Crippen molar-refractivity contribution in [1.82, 2.24) is 14.7 Å². The first-order valence-corrected chi connectivity index (χ1v) is 10.7. The average molecular weight is 500 g/mol. The van der Waals surface area contributed by atoms with Gasteiger partial charge in [-0.25, -0.2) is 18.2 Å². The molecule has 1 fully saturated rings. The molecule has 1 amide bonds. The summed E-state index contributed by atoms with van der Waals surface area (Å²) in [5.74, 6) is -3.86. The number of aromatic nitrogens is 2. The molecule has 0 bridgehead atoms. The van der Waals surface area contributed by atoms with Gasteiger partial charge in [-0.2, -0.15) is 4.37 Å². The molecule has 7 nitrogen and oxygen atoms in total. The fraction of sp³-hybridized carbons (Fsp3) is 0.286. The summed E-state index contributed by atoms with van der Waals surface area (Å²) in [6.07, 6.45) is 4.05. The third kappa shape index (κ3) is 5.55. The van der Waals surface area contributed by atoms with Crippen molar-refractivity contribution < 1.29 is 22.7 Å². The van der Waals surface area contributed by atoms with E-state index in [4.69, 9.17) is 10.5 Å². The number of pyridine rings is 1. The van der Waals surface area contributed by atoms with Crippen molar-refractivity contribution in [3.8, 4) is 16.3 Å². The number of halogens is 4. The smallest absolute Gasteiger partial charge is 0.276 e. The Bertz CT molecular complexity index is 1120. The summed E-state index contributed by atoms with van der Waals surface area (Å²) < 4.78 is 52.8. The van der Waals surface area contributed by atoms with E-state index in [0.717, 1.165) is 68.1 Å². The zero-order valence-electron chi connectivity index (χ0n) is 17.2. The van der Waals surface area contributed by atoms with Gasteiger partial charge >= 0.3 is 0 Å². The van der Waals surface area contributed by atoms with Crippen molar-refractivity contribution in [3.05, 3.63) is 53.6 Å². The predicted molar refractivity (Wildman–Crippen MR) is 122 cm³/mol. The van der Waals surface area contributed by atoms with Gasteiger partial charge in [-0.05, 0) is 44.5 Å². The molecule has 0 saturated carbocycles. The number of nitrogens with one attached hydrogen (secondary N) is 2. The molecular formula is C21H21ClF3N5O2S. The zero-order valence-corrected chi connectivity index (χ0v) is 18.9. The van der Waals surface area contributed by atoms with Crippen LogP contribution in [0.3, 0.4) is 0 Å². The molecule has 12 heteroatoms. The minimum atomic E-state index is -1.05. The summed E-state index contributed by atoms with van der Waals surface area (Å²) in [5.41, 5.74) is 4.11. The fourth-order valence-corrected chi connectivity index (χ4v) is 4.05. The molecule has 1 unspecified atom stereocenters. The van der Waals surface area contributed by atoms with Crippen LogP contribution in [0.25, 0.3) is 11.3 Å². The number of amides is 1. The van der Waals surface area contributed by atoms with Gasteiger partial charge in [0.25, 0.3) is 5.91 Å². The van der Waals surface area contributed by atoms with Crippen LogP contribution in [0.15, 0.2) is 30.5 Å². The van der Waals surface area contributed by atoms with Crippen LogP contribution >= 0.6 is 23.9 Å². The van der Waals surface area contributed by atoms with Crippen LogP contribution in [-0.4, -0.2) is 34.5 Å². The maximum absolute atomic E-state index is 14.4. The minimum Gasteiger partial charge on any atom is -0.478 e. The summed E-state index contributed by atoms with van der Waals surface area (Å²) in [4.78, 5) is 16.7. The van der Waals surface area contributed by atoms with Gasteiger partial charge in [0.05, 0.1) is 17.4 Å². The number of nitrogen functional groups attached to an aromatic ring is 1. The fourth-order valence-electron chi connectivity index (χ4n) is 3.42. The van der Waals surface area contributed by atoms with Gasteiger partial charge in [-0.3, -0.25) is 4.79 Å². The highest BCUT2D eigenvalue weighted by molar-refractivity contribution is 7.08. The van der Waals surface area contributed by atoms with Crippen LogP contribution in [-0.2, 0) is 0 Å². The zero-order chi connectivity index (χ0) is 22.7. The van der Waals surface area contributed by atoms with E-state index in [9.17, 15) is 18.0 Å². The Labute approximate surface area is 198 Å². The molecule has 4 rings (SSSR count). The van der Waals surface area contributed by atoms with Gasteiger partial charge < -0.3 is 21.1 Å². The van der Waals surface area contributed by atoms with Crippen molar-refractivity contribution in [2.45, 2.75) is 25.4 Å². The number of benzene rings is 1. The lowest BCUT2D eigenvalue weighted by atomic mass is 10.1. The number of carbonyl (C=O) groups is 1. The number of hydrogen-bond acceptors (Lipinski definition) is 7. The van der Waals surface area contributed by atoms with Crippen LogP contribution in [0, 0.1) is 17.5 Å². The Morgan fingerprint density at radius 1 is 1.18 bits per heavy atom. The van der Waals surface area contributed by atoms with Gasteiger partial charge in [-0.1, -0.05) is 6.07 Å². The quantitative estimate of drug-likeness (QED) is 0.481. The monoisotopic (exact) mass is 499 g/mol. The highest BCUT2D eigenvalue weighted by Gasteiger charge is 2.24. The Morgan fingerprint density at radius 2 is 1.94 bits per heavy atom. The number of nitrogens with two attached hydrogens (primary N) is 1. The molecular weight excluding hydrogens is 479 g/mol. The lowest BCUT2D eigenvalue weighted by Gasteiger charge is -2.16. The maximum atomic E-state index is 14.4. The van der Waals surface area contributed by atoms with Crippen LogP contribution < -0.4 is 21.1 Å². The normalized spacial score (nSPS) is 15.9. The van der Waals surface area contributed by atoms with Crippen molar-refractivity contribution in [3.63, 3.8) is 0 Å². The number of nitrogens with zero attached hydrogens (tertiary/aromatic N) is 2. The third-order valence-corrected chi connectivity index (χ3v) is 5.69. The molecule has 1 atom stereocenters. The lowest BCUT2D eigenvalue weighted by Crippen LogP contribution is -2.20. The number of hydrogen-bond donors (Lipinski definition) is 3. The SMILES string of the molecule is Cl.Nc1cc(F)c(-c2c(F)cccc2F)nc1C(=O)Nc1cnsc1OC1CCCNCC1. The second kappa shape index (κ2) is 10.8. The maximum Gasteiger partial charge on any atom is 0.276 e. The Morgan fingerprint density at radius 3 is 2.70 bits per heavy atom. The molecule has 1 saturated heterocycles. The van der Waals surface area contributed by atoms with Crippen LogP contribution in [0.4, 0.5) is 24.5 Å². The molecule has 0 spiro atoms. The van der Waals surface area contributed by atoms with Crippen LogP contribution in [0.1, 0.15) is 29.8 Å². The van der Waals surface area contributed by atoms with Gasteiger partial charge in [0, 0.05) is 17.6 Å². The number of carbonyl (C=O) groups excluding carboxylic acids is 1. The largest absolute Gasteiger partial charge is 0.478 e. The number of anilines is 2. The Balaban J connectivity index is 0.00000306. The average Bonchev–Trinajstić information content (AvgIpc) is 3.01. The van der Waals surface area contributed by atoms with Gasteiger partial charge in [0.1, 0.15) is 29.1 Å². The summed E-state index contributed by atoms with van der Waals surface area (Å²) in [5, 5.41) is 6.31. The standard InChI is InChI=1S/C21H20F3N5O2S.ClH/c22-12-4-1-5-13(23)17(12)18-14(24)9-15(25)19(29-18)20(30)28-16-10-27-32-21(16)31-11-3-2-7-26-8-6-11;/h1,4-5,9-11,26H,2-3,6-8,25H2,(H,28,30);1H. The first-order chi connectivity index (χ1) is 15.4. The van der Waals surface area contributed by atoms with Crippen LogP contribution in [0.2, 0.25) is 0 Å². The van der Waals surface area contributed by atoms with E-state index in [-0.39, 0.29) is 29.9 Å². The molecule has 1 aliphatic rings. The van der Waals surface area contributed by atoms with Crippen molar-refractivity contribution in [2.75, 3.05) is 24.1 Å². The first-order valence-electron chi connectivity index (χ1n) is 9.98. The van der Waals surface area contributed by atoms with E-state index >= 15 is 0 Å². The molecule has 3 heterocycles. The van der Waals surface area contributed by atoms with Crippen molar-refractivity contribution in [2.24, 2.45) is 0 Å². The summed E-state index contributed by atoms with van der Waals surface area (Å²) >= 11 is 1.08. The highest BCUT2D eigenvalue weighted by atomic mass is 35.5. The number of rotatable bonds is 5. The highest BCUT2D eigenvalue weighted by Crippen LogP contribution is 2.33. The van der Waals surface area contributed by atoms with E-state index < -0.39 is 34.6 Å². The van der Waals surface area contributed by atoms with Crippen LogP contribution in [0.5, 0.6) is 5.06 Å². The number of ether oxygens (including phenoxy) is 1. The summed E-state index contributed by atoms with van der Waals surface area (Å²) in [6, 6.07) is 3.90. The predicted octanol–water partition coefficient (Wildman–Crippen LogP) is 4.40. The third-order valence-electron chi connectivity index (χ3n) is 5.00. The Hall–Kier alpha value is -2.89. The van der Waals surface area contributed by atoms with E-state index in [0.29, 0.717) is 10.8 Å². The Kier molecular flexibility index (Phi) is 8.11. The summed E-state index contributed by atoms with van der Waals surface area (Å²) in [7, 11) is 0. The second-order valence-electron chi connectivity index (χ2n) is 7.26. The molecule has 4 N–H and O–H groups in total. The lowest BCUT2D eigenvalue weighted by molar-refractivity contribution is 0.102. The van der Waals surface area contributed by atoms with Gasteiger partial charge in [0.2, 0.25) is 5.06 Å². The molecule has 0 radical (unpaired) electrons. The molecule has 176 valence electrons. The minimum absolute atomic E-state index is 0. The topological polar surface area (TPSA) is 102 Å². The van der Waals surface area contributed by atoms with Crippen molar-refractivity contribution in [1.29, 1.82) is 0 Å². The van der Waals surface area contributed by atoms with Crippen molar-refractivity contribution >= 4 is 41.2 Å². The first kappa shape index (κ1) is 24.7. The van der Waals surface area contributed by atoms with E-state index in [2.05, 4.69) is 20.0 Å². The molecule has 2 aromatic heterocycles. The molecule has 1 aromatic carbocycles. The van der Waals surface area contributed by atoms with Gasteiger partial charge in [0.15, 0.2) is 11.5 Å². The molecule has 1 aliphatic heterocycles. The van der Waals surface area contributed by atoms with E-state index in [1.807, 2.05) is 0 Å². The second-order valence-corrected chi connectivity index (χ2v) is 8.02. The molecule has 0 aliphatic carbocycles. The summed E-state index contributed by atoms with van der Waals surface area (Å²) in [6.45, 7) is 1.75.